The number of ether oxygens (including phenoxy) is 1. The lowest BCUT2D eigenvalue weighted by Crippen LogP contribution is -2.49. The summed E-state index contributed by atoms with van der Waals surface area (Å²) in [4.78, 5) is 25.2. The van der Waals surface area contributed by atoms with Crippen LogP contribution >= 0.6 is 0 Å². The van der Waals surface area contributed by atoms with E-state index >= 15 is 0 Å². The lowest BCUT2D eigenvalue weighted by atomic mass is 10.0. The quantitative estimate of drug-likeness (QED) is 0.804. The van der Waals surface area contributed by atoms with E-state index in [0.29, 0.717) is 18.5 Å². The van der Waals surface area contributed by atoms with Crippen molar-refractivity contribution >= 4 is 11.8 Å². The molecular weight excluding hydrogens is 328 g/mol. The van der Waals surface area contributed by atoms with E-state index in [1.165, 1.54) is 0 Å². The molecule has 0 radical (unpaired) electrons. The first-order valence-corrected chi connectivity index (χ1v) is 9.01. The van der Waals surface area contributed by atoms with Crippen molar-refractivity contribution in [3.05, 3.63) is 71.8 Å². The van der Waals surface area contributed by atoms with Gasteiger partial charge in [-0.05, 0) is 30.5 Å². The van der Waals surface area contributed by atoms with E-state index in [4.69, 9.17) is 4.74 Å². The normalized spacial score (nSPS) is 17.5. The van der Waals surface area contributed by atoms with Gasteiger partial charge in [-0.1, -0.05) is 48.5 Å². The average Bonchev–Trinajstić information content (AvgIpc) is 3.20. The van der Waals surface area contributed by atoms with Crippen molar-refractivity contribution in [2.24, 2.45) is 0 Å². The van der Waals surface area contributed by atoms with Crippen molar-refractivity contribution in [2.75, 3.05) is 13.2 Å². The minimum atomic E-state index is -0.633. The van der Waals surface area contributed by atoms with Crippen molar-refractivity contribution in [1.29, 1.82) is 0 Å². The van der Waals surface area contributed by atoms with Crippen LogP contribution in [0.4, 0.5) is 0 Å². The smallest absolute Gasteiger partial charge is 0.251 e. The second-order valence-corrected chi connectivity index (χ2v) is 6.46. The number of benzene rings is 2. The summed E-state index contributed by atoms with van der Waals surface area (Å²) in [7, 11) is 0. The molecule has 0 spiro atoms. The topological polar surface area (TPSA) is 67.4 Å². The predicted molar refractivity (Wildman–Crippen MR) is 99.8 cm³/mol. The van der Waals surface area contributed by atoms with E-state index in [-0.39, 0.29) is 17.9 Å². The zero-order valence-electron chi connectivity index (χ0n) is 14.7. The molecule has 0 aliphatic carbocycles. The van der Waals surface area contributed by atoms with Crippen LogP contribution in [-0.4, -0.2) is 37.1 Å². The van der Waals surface area contributed by atoms with Crippen molar-refractivity contribution in [1.82, 2.24) is 10.6 Å². The summed E-state index contributed by atoms with van der Waals surface area (Å²) in [6.07, 6.45) is 2.50. The second-order valence-electron chi connectivity index (χ2n) is 6.46. The highest BCUT2D eigenvalue weighted by atomic mass is 16.5. The molecule has 1 heterocycles. The third kappa shape index (κ3) is 5.17. The Morgan fingerprint density at radius 2 is 1.73 bits per heavy atom. The van der Waals surface area contributed by atoms with Crippen molar-refractivity contribution in [2.45, 2.75) is 31.4 Å². The van der Waals surface area contributed by atoms with E-state index in [1.54, 1.807) is 24.3 Å². The van der Waals surface area contributed by atoms with Crippen LogP contribution in [-0.2, 0) is 16.0 Å². The van der Waals surface area contributed by atoms with Gasteiger partial charge in [0, 0.05) is 25.1 Å². The largest absolute Gasteiger partial charge is 0.376 e. The van der Waals surface area contributed by atoms with Gasteiger partial charge < -0.3 is 15.4 Å². The van der Waals surface area contributed by atoms with Crippen molar-refractivity contribution in [3.8, 4) is 0 Å². The highest BCUT2D eigenvalue weighted by Gasteiger charge is 2.23. The number of hydrogen-bond acceptors (Lipinski definition) is 3. The van der Waals surface area contributed by atoms with Gasteiger partial charge in [0.15, 0.2) is 0 Å². The number of rotatable bonds is 7. The third-order valence-corrected chi connectivity index (χ3v) is 4.47. The summed E-state index contributed by atoms with van der Waals surface area (Å²) in [5, 5.41) is 5.79. The molecule has 5 heteroatoms. The molecule has 1 unspecified atom stereocenters. The van der Waals surface area contributed by atoms with Crippen LogP contribution in [0.15, 0.2) is 60.7 Å². The molecule has 3 rings (SSSR count). The van der Waals surface area contributed by atoms with E-state index in [9.17, 15) is 9.59 Å². The fourth-order valence-electron chi connectivity index (χ4n) is 3.03. The first-order valence-electron chi connectivity index (χ1n) is 9.01. The minimum Gasteiger partial charge on any atom is -0.376 e. The summed E-state index contributed by atoms with van der Waals surface area (Å²) in [5.74, 6) is -0.438. The van der Waals surface area contributed by atoms with E-state index in [0.717, 1.165) is 25.0 Å². The molecular formula is C21H24N2O3. The van der Waals surface area contributed by atoms with Gasteiger partial charge >= 0.3 is 0 Å². The maximum absolute atomic E-state index is 12.7. The molecule has 1 aliphatic heterocycles. The van der Waals surface area contributed by atoms with Crippen LogP contribution in [0.3, 0.4) is 0 Å². The van der Waals surface area contributed by atoms with Crippen LogP contribution < -0.4 is 10.6 Å². The average molecular weight is 352 g/mol. The molecule has 136 valence electrons. The van der Waals surface area contributed by atoms with Gasteiger partial charge in [-0.25, -0.2) is 0 Å². The summed E-state index contributed by atoms with van der Waals surface area (Å²) >= 11 is 0. The lowest BCUT2D eigenvalue weighted by Gasteiger charge is -2.20. The van der Waals surface area contributed by atoms with Crippen LogP contribution in [0.2, 0.25) is 0 Å². The fraction of sp³-hybridized carbons (Fsp3) is 0.333. The number of nitrogens with one attached hydrogen (secondary N) is 2. The molecule has 0 bridgehead atoms. The number of hydrogen-bond donors (Lipinski definition) is 2. The maximum atomic E-state index is 12.7. The SMILES string of the molecule is O=C(N[C@@H](Cc1ccccc1)C(=O)NCC1CCCO1)c1ccccc1. The van der Waals surface area contributed by atoms with Crippen LogP contribution in [0.5, 0.6) is 0 Å². The van der Waals surface area contributed by atoms with Gasteiger partial charge in [0.2, 0.25) is 5.91 Å². The summed E-state index contributed by atoms with van der Waals surface area (Å²) in [6, 6.07) is 18.0. The monoisotopic (exact) mass is 352 g/mol. The molecule has 1 saturated heterocycles. The molecule has 2 amide bonds. The number of amides is 2. The lowest BCUT2D eigenvalue weighted by molar-refractivity contribution is -0.123. The van der Waals surface area contributed by atoms with E-state index < -0.39 is 6.04 Å². The Kier molecular flexibility index (Phi) is 6.39. The van der Waals surface area contributed by atoms with Crippen molar-refractivity contribution < 1.29 is 14.3 Å². The Bertz CT molecular complexity index is 713. The second kappa shape index (κ2) is 9.15. The van der Waals surface area contributed by atoms with Gasteiger partial charge in [0.1, 0.15) is 6.04 Å². The molecule has 26 heavy (non-hydrogen) atoms. The number of carbonyl (C=O) groups excluding carboxylic acids is 2. The van der Waals surface area contributed by atoms with Crippen molar-refractivity contribution in [3.63, 3.8) is 0 Å². The van der Waals surface area contributed by atoms with Crippen LogP contribution in [0, 0.1) is 0 Å². The molecule has 1 aliphatic rings. The zero-order valence-corrected chi connectivity index (χ0v) is 14.7. The van der Waals surface area contributed by atoms with Gasteiger partial charge in [-0.3, -0.25) is 9.59 Å². The maximum Gasteiger partial charge on any atom is 0.251 e. The van der Waals surface area contributed by atoms with Crippen LogP contribution in [0.1, 0.15) is 28.8 Å². The van der Waals surface area contributed by atoms with E-state index in [1.807, 2.05) is 36.4 Å². The zero-order chi connectivity index (χ0) is 18.2. The Morgan fingerprint density at radius 1 is 1.04 bits per heavy atom. The fourth-order valence-corrected chi connectivity index (χ4v) is 3.03. The molecule has 2 atom stereocenters. The molecule has 0 aromatic heterocycles. The highest BCUT2D eigenvalue weighted by molar-refractivity contribution is 5.97. The molecule has 2 aromatic carbocycles. The molecule has 2 N–H and O–H groups in total. The number of carbonyl (C=O) groups is 2. The predicted octanol–water partition coefficient (Wildman–Crippen LogP) is 2.32. The van der Waals surface area contributed by atoms with Gasteiger partial charge in [-0.2, -0.15) is 0 Å². The Labute approximate surface area is 153 Å². The molecule has 2 aromatic rings. The highest BCUT2D eigenvalue weighted by Crippen LogP contribution is 2.11. The van der Waals surface area contributed by atoms with E-state index in [2.05, 4.69) is 10.6 Å². The Hall–Kier alpha value is -2.66. The van der Waals surface area contributed by atoms with Gasteiger partial charge in [0.05, 0.1) is 6.10 Å². The molecule has 5 nitrogen and oxygen atoms in total. The third-order valence-electron chi connectivity index (χ3n) is 4.47. The Morgan fingerprint density at radius 3 is 2.38 bits per heavy atom. The first-order chi connectivity index (χ1) is 12.7. The van der Waals surface area contributed by atoms with Gasteiger partial charge in [-0.15, -0.1) is 0 Å². The minimum absolute atomic E-state index is 0.0705. The standard InChI is InChI=1S/C21H24N2O3/c24-20(17-10-5-2-6-11-17)23-19(14-16-8-3-1-4-9-16)21(25)22-15-18-12-7-13-26-18/h1-6,8-11,18-19H,7,12-15H2,(H,22,25)(H,23,24)/t18?,19-/m0/s1. The molecule has 0 saturated carbocycles. The molecule has 1 fully saturated rings. The Balaban J connectivity index is 1.66. The van der Waals surface area contributed by atoms with Crippen LogP contribution in [0.25, 0.3) is 0 Å². The summed E-state index contributed by atoms with van der Waals surface area (Å²) in [6.45, 7) is 1.23. The summed E-state index contributed by atoms with van der Waals surface area (Å²) in [5.41, 5.74) is 1.54. The first kappa shape index (κ1) is 18.1. The summed E-state index contributed by atoms with van der Waals surface area (Å²) < 4.78 is 5.55. The van der Waals surface area contributed by atoms with Gasteiger partial charge in [0.25, 0.3) is 5.91 Å².